The van der Waals surface area contributed by atoms with Gasteiger partial charge in [0.05, 0.1) is 0 Å². The number of aromatic nitrogens is 2. The van der Waals surface area contributed by atoms with Gasteiger partial charge < -0.3 is 10.6 Å². The quantitative estimate of drug-likeness (QED) is 0.759. The van der Waals surface area contributed by atoms with Crippen molar-refractivity contribution in [3.63, 3.8) is 0 Å². The van der Waals surface area contributed by atoms with E-state index in [1.165, 1.54) is 0 Å². The number of hydrogen-bond donors (Lipinski definition) is 1. The van der Waals surface area contributed by atoms with Gasteiger partial charge in [0.1, 0.15) is 5.82 Å². The van der Waals surface area contributed by atoms with Crippen molar-refractivity contribution in [2.75, 3.05) is 18.8 Å². The fourth-order valence-corrected chi connectivity index (χ4v) is 1.91. The number of carbonyl (C=O) groups excluding carboxylic acids is 1. The maximum absolute atomic E-state index is 12.0. The Kier molecular flexibility index (Phi) is 2.77. The van der Waals surface area contributed by atoms with Crippen LogP contribution in [0.25, 0.3) is 0 Å². The van der Waals surface area contributed by atoms with Gasteiger partial charge in [-0.3, -0.25) is 4.79 Å². The molecule has 0 spiro atoms. The van der Waals surface area contributed by atoms with E-state index in [2.05, 4.69) is 24.0 Å². The van der Waals surface area contributed by atoms with Gasteiger partial charge in [-0.15, -0.1) is 10.2 Å². The number of nitrogens with two attached hydrogens (primary N) is 1. The molecular formula is C11H16N4O. The van der Waals surface area contributed by atoms with Gasteiger partial charge in [0, 0.05) is 13.1 Å². The summed E-state index contributed by atoms with van der Waals surface area (Å²) in [6.07, 6.45) is 0. The number of nitrogens with zero attached hydrogens (tertiary/aromatic N) is 3. The summed E-state index contributed by atoms with van der Waals surface area (Å²) in [6, 6.07) is 3.22. The number of nitrogen functional groups attached to an aromatic ring is 1. The summed E-state index contributed by atoms with van der Waals surface area (Å²) in [5.74, 6) is 1.37. The van der Waals surface area contributed by atoms with Crippen molar-refractivity contribution in [2.24, 2.45) is 11.8 Å². The lowest BCUT2D eigenvalue weighted by Crippen LogP contribution is -2.29. The van der Waals surface area contributed by atoms with Crippen molar-refractivity contribution in [1.82, 2.24) is 15.1 Å². The Morgan fingerprint density at radius 3 is 2.44 bits per heavy atom. The van der Waals surface area contributed by atoms with Crippen molar-refractivity contribution >= 4 is 11.7 Å². The first-order valence-electron chi connectivity index (χ1n) is 5.46. The standard InChI is InChI=1S/C11H16N4O/c1-7-5-15(6-8(7)2)11(16)9-3-4-10(12)14-13-9/h3-4,7-8H,5-6H2,1-2H3,(H2,12,14). The highest BCUT2D eigenvalue weighted by Crippen LogP contribution is 2.23. The van der Waals surface area contributed by atoms with E-state index in [9.17, 15) is 4.79 Å². The van der Waals surface area contributed by atoms with Crippen LogP contribution in [-0.4, -0.2) is 34.1 Å². The minimum atomic E-state index is -0.0521. The van der Waals surface area contributed by atoms with Crippen LogP contribution in [0.15, 0.2) is 12.1 Å². The van der Waals surface area contributed by atoms with Gasteiger partial charge in [0.25, 0.3) is 5.91 Å². The van der Waals surface area contributed by atoms with E-state index >= 15 is 0 Å². The van der Waals surface area contributed by atoms with Crippen LogP contribution in [0.5, 0.6) is 0 Å². The molecule has 0 saturated carbocycles. The van der Waals surface area contributed by atoms with E-state index in [1.807, 2.05) is 4.90 Å². The van der Waals surface area contributed by atoms with Crippen molar-refractivity contribution in [1.29, 1.82) is 0 Å². The molecule has 16 heavy (non-hydrogen) atoms. The predicted molar refractivity (Wildman–Crippen MR) is 60.7 cm³/mol. The van der Waals surface area contributed by atoms with Gasteiger partial charge in [-0.25, -0.2) is 0 Å². The summed E-state index contributed by atoms with van der Waals surface area (Å²) in [6.45, 7) is 5.91. The summed E-state index contributed by atoms with van der Waals surface area (Å²) in [7, 11) is 0. The third-order valence-electron chi connectivity index (χ3n) is 3.18. The topological polar surface area (TPSA) is 72.1 Å². The molecule has 5 nitrogen and oxygen atoms in total. The van der Waals surface area contributed by atoms with E-state index in [1.54, 1.807) is 12.1 Å². The van der Waals surface area contributed by atoms with Gasteiger partial charge in [-0.2, -0.15) is 0 Å². The van der Waals surface area contributed by atoms with Crippen LogP contribution in [-0.2, 0) is 0 Å². The summed E-state index contributed by atoms with van der Waals surface area (Å²) < 4.78 is 0. The Morgan fingerprint density at radius 1 is 1.31 bits per heavy atom. The maximum Gasteiger partial charge on any atom is 0.274 e. The smallest absolute Gasteiger partial charge is 0.274 e. The number of amides is 1. The molecule has 1 saturated heterocycles. The van der Waals surface area contributed by atoms with E-state index in [-0.39, 0.29) is 5.91 Å². The first kappa shape index (κ1) is 10.9. The molecule has 2 unspecified atom stereocenters. The number of likely N-dealkylation sites (tertiary alicyclic amines) is 1. The fourth-order valence-electron chi connectivity index (χ4n) is 1.91. The molecule has 2 heterocycles. The molecule has 0 radical (unpaired) electrons. The molecule has 0 aromatic carbocycles. The summed E-state index contributed by atoms with van der Waals surface area (Å²) in [5, 5.41) is 7.50. The Bertz CT molecular complexity index is 379. The van der Waals surface area contributed by atoms with E-state index in [4.69, 9.17) is 5.73 Å². The molecule has 1 aliphatic heterocycles. The van der Waals surface area contributed by atoms with Crippen molar-refractivity contribution in [3.05, 3.63) is 17.8 Å². The summed E-state index contributed by atoms with van der Waals surface area (Å²) in [5.41, 5.74) is 5.80. The van der Waals surface area contributed by atoms with E-state index in [0.29, 0.717) is 23.3 Å². The monoisotopic (exact) mass is 220 g/mol. The first-order valence-corrected chi connectivity index (χ1v) is 5.46. The predicted octanol–water partition coefficient (Wildman–Crippen LogP) is 0.787. The van der Waals surface area contributed by atoms with Gasteiger partial charge in [0.2, 0.25) is 0 Å². The molecule has 1 amide bonds. The van der Waals surface area contributed by atoms with Crippen molar-refractivity contribution in [2.45, 2.75) is 13.8 Å². The molecule has 2 atom stereocenters. The average Bonchev–Trinajstić information content (AvgIpc) is 2.59. The molecule has 1 fully saturated rings. The fraction of sp³-hybridized carbons (Fsp3) is 0.545. The molecule has 0 bridgehead atoms. The van der Waals surface area contributed by atoms with Gasteiger partial charge >= 0.3 is 0 Å². The highest BCUT2D eigenvalue weighted by Gasteiger charge is 2.30. The van der Waals surface area contributed by atoms with Gasteiger partial charge in [-0.05, 0) is 24.0 Å². The van der Waals surface area contributed by atoms with Crippen LogP contribution in [0.1, 0.15) is 24.3 Å². The molecule has 5 heteroatoms. The second kappa shape index (κ2) is 4.08. The number of rotatable bonds is 1. The zero-order chi connectivity index (χ0) is 11.7. The summed E-state index contributed by atoms with van der Waals surface area (Å²) >= 11 is 0. The normalized spacial score (nSPS) is 24.8. The Balaban J connectivity index is 2.11. The molecule has 1 aromatic heterocycles. The largest absolute Gasteiger partial charge is 0.382 e. The van der Waals surface area contributed by atoms with Crippen LogP contribution in [0.2, 0.25) is 0 Å². The lowest BCUT2D eigenvalue weighted by molar-refractivity contribution is 0.0778. The van der Waals surface area contributed by atoms with E-state index < -0.39 is 0 Å². The molecule has 1 aliphatic rings. The molecule has 2 rings (SSSR count). The zero-order valence-corrected chi connectivity index (χ0v) is 9.55. The molecule has 86 valence electrons. The second-order valence-electron chi connectivity index (χ2n) is 4.51. The molecule has 1 aromatic rings. The lowest BCUT2D eigenvalue weighted by atomic mass is 10.0. The Morgan fingerprint density at radius 2 is 1.94 bits per heavy atom. The Hall–Kier alpha value is -1.65. The highest BCUT2D eigenvalue weighted by atomic mass is 16.2. The van der Waals surface area contributed by atoms with Crippen LogP contribution in [0.3, 0.4) is 0 Å². The van der Waals surface area contributed by atoms with Crippen LogP contribution < -0.4 is 5.73 Å². The van der Waals surface area contributed by atoms with Crippen molar-refractivity contribution < 1.29 is 4.79 Å². The minimum Gasteiger partial charge on any atom is -0.382 e. The zero-order valence-electron chi connectivity index (χ0n) is 9.55. The molecule has 0 aliphatic carbocycles. The third-order valence-corrected chi connectivity index (χ3v) is 3.18. The van der Waals surface area contributed by atoms with E-state index in [0.717, 1.165) is 13.1 Å². The average molecular weight is 220 g/mol. The number of hydrogen-bond acceptors (Lipinski definition) is 4. The van der Waals surface area contributed by atoms with Crippen LogP contribution >= 0.6 is 0 Å². The van der Waals surface area contributed by atoms with Crippen LogP contribution in [0.4, 0.5) is 5.82 Å². The SMILES string of the molecule is CC1CN(C(=O)c2ccc(N)nn2)CC1C. The highest BCUT2D eigenvalue weighted by molar-refractivity contribution is 5.92. The first-order chi connectivity index (χ1) is 7.58. The van der Waals surface area contributed by atoms with Gasteiger partial charge in [-0.1, -0.05) is 13.8 Å². The molecular weight excluding hydrogens is 204 g/mol. The lowest BCUT2D eigenvalue weighted by Gasteiger charge is -2.14. The Labute approximate surface area is 94.6 Å². The minimum absolute atomic E-state index is 0.0521. The second-order valence-corrected chi connectivity index (χ2v) is 4.51. The third kappa shape index (κ3) is 1.98. The summed E-state index contributed by atoms with van der Waals surface area (Å²) in [4.78, 5) is 13.9. The van der Waals surface area contributed by atoms with Crippen molar-refractivity contribution in [3.8, 4) is 0 Å². The van der Waals surface area contributed by atoms with Gasteiger partial charge in [0.15, 0.2) is 5.69 Å². The number of anilines is 1. The molecule has 2 N–H and O–H groups in total. The number of carbonyl (C=O) groups is 1. The van der Waals surface area contributed by atoms with Crippen LogP contribution in [0, 0.1) is 11.8 Å². The maximum atomic E-state index is 12.0.